The molecule has 386 valence electrons. The molecule has 8 nitrogen and oxygen atoms in total. The van der Waals surface area contributed by atoms with Crippen molar-refractivity contribution >= 4 is 109 Å². The lowest BCUT2D eigenvalue weighted by Gasteiger charge is -2.13. The quantitative estimate of drug-likeness (QED) is 0.158. The third-order valence-electron chi connectivity index (χ3n) is 16.8. The molecule has 0 saturated heterocycles. The molecule has 0 saturated carbocycles. The molecule has 83 heavy (non-hydrogen) atoms. The molecule has 8 heteroatoms. The van der Waals surface area contributed by atoms with Crippen LogP contribution in [0.1, 0.15) is 0 Å². The fourth-order valence-electron chi connectivity index (χ4n) is 13.1. The van der Waals surface area contributed by atoms with Gasteiger partial charge in [0.1, 0.15) is 33.5 Å². The van der Waals surface area contributed by atoms with Crippen LogP contribution >= 0.6 is 0 Å². The number of benzene rings is 12. The van der Waals surface area contributed by atoms with Gasteiger partial charge in [-0.2, -0.15) is 0 Å². The number of fused-ring (bicyclic) bond motifs is 15. The first-order valence-corrected chi connectivity index (χ1v) is 27.9. The lowest BCUT2D eigenvalue weighted by Crippen LogP contribution is -2.00. The number of rotatable bonds is 7. The van der Waals surface area contributed by atoms with E-state index in [1.165, 1.54) is 21.5 Å². The number of hydrogen-bond acceptors (Lipinski definition) is 6. The van der Waals surface area contributed by atoms with Crippen LogP contribution in [0.2, 0.25) is 0 Å². The Labute approximate surface area is 473 Å². The summed E-state index contributed by atoms with van der Waals surface area (Å²) < 4.78 is 25.1. The van der Waals surface area contributed by atoms with Crippen LogP contribution in [-0.4, -0.2) is 24.1 Å². The van der Waals surface area contributed by atoms with Gasteiger partial charge in [0.2, 0.25) is 0 Å². The van der Waals surface area contributed by atoms with Gasteiger partial charge in [0.25, 0.3) is 0 Å². The summed E-state index contributed by atoms with van der Waals surface area (Å²) in [5.74, 6) is 1.62. The first-order chi connectivity index (χ1) is 41.1. The van der Waals surface area contributed by atoms with E-state index in [4.69, 9.17) is 28.2 Å². The summed E-state index contributed by atoms with van der Waals surface area (Å²) in [4.78, 5) is 15.8. The van der Waals surface area contributed by atoms with E-state index < -0.39 is 0 Å². The third kappa shape index (κ3) is 6.84. The van der Waals surface area contributed by atoms with Crippen LogP contribution in [0, 0.1) is 0 Å². The standard InChI is InChI=1S/C75H43N5O3/c1-3-17-44(18-4-1)73-76-74(46-33-36-53-59-43-48(35-40-65(59)82-68(53)42-46)79-61-28-11-7-21-50(61)51-22-8-12-29-62(51)79)78-75(77-73)58-27-16-32-67-69(58)60-41-45(34-39-66(60)81-67)49-37-38-56(72-70(49)57-24-10-14-31-64(57)83-72)55-26-15-25-54-52-23-9-13-30-63(52)80(71(54)55)47-19-5-2-6-20-47/h1-43H. The minimum absolute atomic E-state index is 0.529. The van der Waals surface area contributed by atoms with Crippen molar-refractivity contribution in [1.29, 1.82) is 0 Å². The van der Waals surface area contributed by atoms with Gasteiger partial charge >= 0.3 is 0 Å². The Morgan fingerprint density at radius 1 is 0.253 bits per heavy atom. The molecule has 0 radical (unpaired) electrons. The molecule has 0 N–H and O–H groups in total. The maximum atomic E-state index is 7.01. The largest absolute Gasteiger partial charge is 0.456 e. The monoisotopic (exact) mass is 1060 g/mol. The van der Waals surface area contributed by atoms with Gasteiger partial charge in [-0.05, 0) is 102 Å². The van der Waals surface area contributed by atoms with E-state index in [0.717, 1.165) is 138 Å². The SMILES string of the molecule is c1ccc(-c2nc(-c3ccc4c(c3)oc3ccc(-n5c6ccccc6c6ccccc65)cc34)nc(-c3cccc4oc5ccc(-c6ccc(-c7cccc8c9ccccc9n(-c9ccccc9)c78)c7oc8ccccc8c67)cc5c34)n2)cc1. The molecule has 0 bridgehead atoms. The van der Waals surface area contributed by atoms with Crippen LogP contribution in [0.15, 0.2) is 274 Å². The summed E-state index contributed by atoms with van der Waals surface area (Å²) in [7, 11) is 0. The van der Waals surface area contributed by atoms with Crippen molar-refractivity contribution in [3.63, 3.8) is 0 Å². The van der Waals surface area contributed by atoms with Crippen molar-refractivity contribution < 1.29 is 13.3 Å². The highest BCUT2D eigenvalue weighted by atomic mass is 16.3. The Morgan fingerprint density at radius 3 is 1.61 bits per heavy atom. The van der Waals surface area contributed by atoms with Gasteiger partial charge in [-0.15, -0.1) is 0 Å². The van der Waals surface area contributed by atoms with Crippen LogP contribution in [0.3, 0.4) is 0 Å². The van der Waals surface area contributed by atoms with E-state index in [1.807, 2.05) is 48.5 Å². The lowest BCUT2D eigenvalue weighted by molar-refractivity contribution is 0.668. The normalized spacial score (nSPS) is 12.1. The zero-order chi connectivity index (χ0) is 54.3. The molecule has 0 atom stereocenters. The minimum Gasteiger partial charge on any atom is -0.456 e. The van der Waals surface area contributed by atoms with E-state index in [0.29, 0.717) is 17.5 Å². The van der Waals surface area contributed by atoms with E-state index in [1.54, 1.807) is 0 Å². The maximum absolute atomic E-state index is 7.01. The van der Waals surface area contributed by atoms with Gasteiger partial charge in [0.15, 0.2) is 17.5 Å². The summed E-state index contributed by atoms with van der Waals surface area (Å²) in [6.45, 7) is 0. The summed E-state index contributed by atoms with van der Waals surface area (Å²) in [5, 5.41) is 10.8. The van der Waals surface area contributed by atoms with Crippen molar-refractivity contribution in [3.05, 3.63) is 261 Å². The highest BCUT2D eigenvalue weighted by molar-refractivity contribution is 6.21. The first kappa shape index (κ1) is 45.5. The molecule has 0 aliphatic heterocycles. The van der Waals surface area contributed by atoms with Crippen molar-refractivity contribution in [2.45, 2.75) is 0 Å². The predicted molar refractivity (Wildman–Crippen MR) is 338 cm³/mol. The summed E-state index contributed by atoms with van der Waals surface area (Å²) in [6, 6.07) is 91.4. The Hall–Kier alpha value is -11.4. The number of para-hydroxylation sites is 6. The molecular formula is C75H43N5O3. The summed E-state index contributed by atoms with van der Waals surface area (Å²) in [6.07, 6.45) is 0. The maximum Gasteiger partial charge on any atom is 0.164 e. The molecule has 18 aromatic rings. The molecule has 18 rings (SSSR count). The fourth-order valence-corrected chi connectivity index (χ4v) is 13.1. The van der Waals surface area contributed by atoms with E-state index in [9.17, 15) is 0 Å². The number of furan rings is 3. The highest BCUT2D eigenvalue weighted by Gasteiger charge is 2.25. The average molecular weight is 1060 g/mol. The molecule has 0 aliphatic rings. The molecular weight excluding hydrogens is 1020 g/mol. The van der Waals surface area contributed by atoms with Gasteiger partial charge in [-0.25, -0.2) is 15.0 Å². The smallest absolute Gasteiger partial charge is 0.164 e. The van der Waals surface area contributed by atoms with Gasteiger partial charge in [-0.1, -0.05) is 170 Å². The Kier molecular flexibility index (Phi) is 9.64. The van der Waals surface area contributed by atoms with Crippen molar-refractivity contribution in [1.82, 2.24) is 24.1 Å². The average Bonchev–Trinajstić information content (AvgIpc) is 2.40. The van der Waals surface area contributed by atoms with Gasteiger partial charge in [0, 0.05) is 93.1 Å². The van der Waals surface area contributed by atoms with Crippen molar-refractivity contribution in [2.24, 2.45) is 0 Å². The van der Waals surface area contributed by atoms with Crippen LogP contribution in [-0.2, 0) is 0 Å². The molecule has 12 aromatic carbocycles. The van der Waals surface area contributed by atoms with Gasteiger partial charge < -0.3 is 22.4 Å². The van der Waals surface area contributed by atoms with E-state index in [-0.39, 0.29) is 0 Å². The van der Waals surface area contributed by atoms with Gasteiger partial charge in [-0.3, -0.25) is 0 Å². The highest BCUT2D eigenvalue weighted by Crippen LogP contribution is 2.47. The summed E-state index contributed by atoms with van der Waals surface area (Å²) in [5.41, 5.74) is 18.2. The van der Waals surface area contributed by atoms with E-state index >= 15 is 0 Å². The number of aromatic nitrogens is 5. The summed E-state index contributed by atoms with van der Waals surface area (Å²) >= 11 is 0. The molecule has 0 amide bonds. The molecule has 6 aromatic heterocycles. The molecule has 0 fully saturated rings. The Balaban J connectivity index is 0.790. The zero-order valence-electron chi connectivity index (χ0n) is 44.3. The molecule has 0 unspecified atom stereocenters. The molecule has 6 heterocycles. The van der Waals surface area contributed by atoms with Gasteiger partial charge in [0.05, 0.1) is 22.1 Å². The number of hydrogen-bond donors (Lipinski definition) is 0. The lowest BCUT2D eigenvalue weighted by atomic mass is 9.93. The van der Waals surface area contributed by atoms with Crippen LogP contribution in [0.25, 0.3) is 177 Å². The van der Waals surface area contributed by atoms with Crippen LogP contribution in [0.4, 0.5) is 0 Å². The Bertz CT molecular complexity index is 5650. The van der Waals surface area contributed by atoms with Crippen LogP contribution in [0.5, 0.6) is 0 Å². The zero-order valence-corrected chi connectivity index (χ0v) is 44.3. The van der Waals surface area contributed by atoms with E-state index in [2.05, 4.69) is 221 Å². The predicted octanol–water partition coefficient (Wildman–Crippen LogP) is 20.1. The third-order valence-corrected chi connectivity index (χ3v) is 16.8. The Morgan fingerprint density at radius 2 is 0.819 bits per heavy atom. The second-order valence-corrected chi connectivity index (χ2v) is 21.4. The van der Waals surface area contributed by atoms with Crippen LogP contribution < -0.4 is 0 Å². The first-order valence-electron chi connectivity index (χ1n) is 27.9. The van der Waals surface area contributed by atoms with Crippen molar-refractivity contribution in [3.8, 4) is 67.8 Å². The fraction of sp³-hybridized carbons (Fsp3) is 0. The molecule has 0 spiro atoms. The topological polar surface area (TPSA) is 88.0 Å². The number of nitrogens with zero attached hydrogens (tertiary/aromatic N) is 5. The molecule has 0 aliphatic carbocycles. The minimum atomic E-state index is 0.529. The second kappa shape index (κ2) is 17.6. The second-order valence-electron chi connectivity index (χ2n) is 21.4. The van der Waals surface area contributed by atoms with Crippen molar-refractivity contribution in [2.75, 3.05) is 0 Å².